The summed E-state index contributed by atoms with van der Waals surface area (Å²) in [6.07, 6.45) is 0. The summed E-state index contributed by atoms with van der Waals surface area (Å²) in [5, 5.41) is 6.50. The Labute approximate surface area is 167 Å². The molecule has 0 aliphatic rings. The smallest absolute Gasteiger partial charge is 0.266 e. The molecule has 1 aromatic carbocycles. The zero-order valence-corrected chi connectivity index (χ0v) is 17.1. The number of fused-ring (bicyclic) bond motifs is 1. The molecule has 8 heteroatoms. The number of nitrogens with zero attached hydrogens (tertiary/aromatic N) is 2. The number of amides is 2. The summed E-state index contributed by atoms with van der Waals surface area (Å²) in [6.45, 7) is 8.06. The fourth-order valence-electron chi connectivity index (χ4n) is 2.91. The van der Waals surface area contributed by atoms with Gasteiger partial charge in [-0.25, -0.2) is 9.97 Å². The highest BCUT2D eigenvalue weighted by Gasteiger charge is 2.18. The van der Waals surface area contributed by atoms with Crippen molar-refractivity contribution in [2.75, 3.05) is 18.5 Å². The summed E-state index contributed by atoms with van der Waals surface area (Å²) in [6, 6.07) is 6.91. The largest absolute Gasteiger partial charge is 0.484 e. The van der Waals surface area contributed by atoms with E-state index in [0.717, 1.165) is 21.5 Å². The molecule has 7 nitrogen and oxygen atoms in total. The standard InChI is InChI=1S/C20H22N4O3S/c1-5-21-16(25)10-27-15-8-6-14(7-9-15)24-19(26)18-11(2)17-12(3)22-13(4)23-20(17)28-18/h6-9H,5,10H2,1-4H3,(H,21,25)(H,24,26). The number of hydrogen-bond donors (Lipinski definition) is 2. The van der Waals surface area contributed by atoms with Gasteiger partial charge in [0.25, 0.3) is 11.8 Å². The molecule has 2 heterocycles. The highest BCUT2D eigenvalue weighted by Crippen LogP contribution is 2.31. The molecule has 2 amide bonds. The predicted molar refractivity (Wildman–Crippen MR) is 110 cm³/mol. The van der Waals surface area contributed by atoms with E-state index in [1.165, 1.54) is 11.3 Å². The van der Waals surface area contributed by atoms with E-state index in [9.17, 15) is 9.59 Å². The van der Waals surface area contributed by atoms with Crippen LogP contribution in [0, 0.1) is 20.8 Å². The van der Waals surface area contributed by atoms with E-state index >= 15 is 0 Å². The van der Waals surface area contributed by atoms with Gasteiger partial charge in [-0.3, -0.25) is 9.59 Å². The molecular formula is C20H22N4O3S. The number of carbonyl (C=O) groups excluding carboxylic acids is 2. The molecule has 0 saturated heterocycles. The number of carbonyl (C=O) groups is 2. The zero-order chi connectivity index (χ0) is 20.3. The van der Waals surface area contributed by atoms with Crippen molar-refractivity contribution in [2.45, 2.75) is 27.7 Å². The number of aromatic nitrogens is 2. The number of anilines is 1. The fourth-order valence-corrected chi connectivity index (χ4v) is 4.08. The summed E-state index contributed by atoms with van der Waals surface area (Å²) in [7, 11) is 0. The van der Waals surface area contributed by atoms with Crippen molar-refractivity contribution in [1.82, 2.24) is 15.3 Å². The molecular weight excluding hydrogens is 376 g/mol. The van der Waals surface area contributed by atoms with Crippen molar-refractivity contribution in [3.63, 3.8) is 0 Å². The van der Waals surface area contributed by atoms with Crippen LogP contribution in [0.1, 0.15) is 33.7 Å². The van der Waals surface area contributed by atoms with E-state index in [4.69, 9.17) is 4.74 Å². The Morgan fingerprint density at radius 3 is 2.50 bits per heavy atom. The lowest BCUT2D eigenvalue weighted by Crippen LogP contribution is -2.28. The average molecular weight is 398 g/mol. The molecule has 146 valence electrons. The number of ether oxygens (including phenoxy) is 1. The second kappa shape index (κ2) is 8.35. The van der Waals surface area contributed by atoms with Gasteiger partial charge in [-0.15, -0.1) is 11.3 Å². The molecule has 0 fully saturated rings. The first kappa shape index (κ1) is 19.8. The van der Waals surface area contributed by atoms with E-state index in [1.807, 2.05) is 27.7 Å². The van der Waals surface area contributed by atoms with E-state index in [0.29, 0.717) is 28.7 Å². The molecule has 0 bridgehead atoms. The number of rotatable bonds is 6. The van der Waals surface area contributed by atoms with Crippen LogP contribution < -0.4 is 15.4 Å². The van der Waals surface area contributed by atoms with Crippen molar-refractivity contribution in [1.29, 1.82) is 0 Å². The Morgan fingerprint density at radius 2 is 1.82 bits per heavy atom. The summed E-state index contributed by atoms with van der Waals surface area (Å²) in [5.41, 5.74) is 2.41. The minimum absolute atomic E-state index is 0.0413. The molecule has 2 aromatic heterocycles. The second-order valence-electron chi connectivity index (χ2n) is 6.31. The van der Waals surface area contributed by atoms with Crippen LogP contribution in [0.2, 0.25) is 0 Å². The van der Waals surface area contributed by atoms with Crippen LogP contribution in [0.25, 0.3) is 10.2 Å². The molecule has 3 rings (SSSR count). The van der Waals surface area contributed by atoms with Crippen LogP contribution >= 0.6 is 11.3 Å². The monoisotopic (exact) mass is 398 g/mol. The third kappa shape index (κ3) is 4.28. The summed E-state index contributed by atoms with van der Waals surface area (Å²) < 4.78 is 5.41. The van der Waals surface area contributed by atoms with Crippen molar-refractivity contribution in [3.05, 3.63) is 46.2 Å². The third-order valence-electron chi connectivity index (χ3n) is 4.15. The van der Waals surface area contributed by atoms with Gasteiger partial charge in [0.15, 0.2) is 6.61 Å². The molecule has 0 spiro atoms. The maximum absolute atomic E-state index is 12.7. The molecule has 28 heavy (non-hydrogen) atoms. The minimum atomic E-state index is -0.187. The molecule has 0 aliphatic heterocycles. The summed E-state index contributed by atoms with van der Waals surface area (Å²) >= 11 is 1.37. The van der Waals surface area contributed by atoms with Gasteiger partial charge in [-0.2, -0.15) is 0 Å². The van der Waals surface area contributed by atoms with Gasteiger partial charge < -0.3 is 15.4 Å². The Bertz CT molecular complexity index is 1030. The zero-order valence-electron chi connectivity index (χ0n) is 16.3. The maximum Gasteiger partial charge on any atom is 0.266 e. The summed E-state index contributed by atoms with van der Waals surface area (Å²) in [4.78, 5) is 34.5. The number of aryl methyl sites for hydroxylation is 3. The fraction of sp³-hybridized carbons (Fsp3) is 0.300. The molecule has 0 unspecified atom stereocenters. The number of nitrogens with one attached hydrogen (secondary N) is 2. The summed E-state index contributed by atoms with van der Waals surface area (Å²) in [5.74, 6) is 0.896. The quantitative estimate of drug-likeness (QED) is 0.664. The highest BCUT2D eigenvalue weighted by atomic mass is 32.1. The van der Waals surface area contributed by atoms with Crippen LogP contribution in [0.3, 0.4) is 0 Å². The molecule has 0 saturated carbocycles. The predicted octanol–water partition coefficient (Wildman–Crippen LogP) is 3.38. The Hall–Kier alpha value is -3.00. The first-order chi connectivity index (χ1) is 13.4. The molecule has 0 atom stereocenters. The van der Waals surface area contributed by atoms with E-state index in [2.05, 4.69) is 20.6 Å². The van der Waals surface area contributed by atoms with Crippen molar-refractivity contribution in [2.24, 2.45) is 0 Å². The van der Waals surface area contributed by atoms with E-state index in [1.54, 1.807) is 24.3 Å². The highest BCUT2D eigenvalue weighted by molar-refractivity contribution is 7.20. The van der Waals surface area contributed by atoms with Crippen LogP contribution in [0.5, 0.6) is 5.75 Å². The van der Waals surface area contributed by atoms with Crippen LogP contribution in [-0.4, -0.2) is 34.9 Å². The number of thiophene rings is 1. The van der Waals surface area contributed by atoms with Gasteiger partial charge in [-0.05, 0) is 57.5 Å². The first-order valence-electron chi connectivity index (χ1n) is 8.94. The molecule has 0 radical (unpaired) electrons. The molecule has 0 aliphatic carbocycles. The minimum Gasteiger partial charge on any atom is -0.484 e. The molecule has 2 N–H and O–H groups in total. The SMILES string of the molecule is CCNC(=O)COc1ccc(NC(=O)c2sc3nc(C)nc(C)c3c2C)cc1. The van der Waals surface area contributed by atoms with Crippen LogP contribution in [0.15, 0.2) is 24.3 Å². The van der Waals surface area contributed by atoms with Gasteiger partial charge >= 0.3 is 0 Å². The second-order valence-corrected chi connectivity index (χ2v) is 7.31. The van der Waals surface area contributed by atoms with Gasteiger partial charge in [-0.1, -0.05) is 0 Å². The van der Waals surface area contributed by atoms with Crippen molar-refractivity contribution in [3.8, 4) is 5.75 Å². The van der Waals surface area contributed by atoms with Crippen molar-refractivity contribution >= 4 is 39.1 Å². The van der Waals surface area contributed by atoms with E-state index < -0.39 is 0 Å². The van der Waals surface area contributed by atoms with Gasteiger partial charge in [0, 0.05) is 23.3 Å². The lowest BCUT2D eigenvalue weighted by Gasteiger charge is -2.08. The number of likely N-dealkylation sites (N-methyl/N-ethyl adjacent to an activating group) is 1. The average Bonchev–Trinajstić information content (AvgIpc) is 2.98. The van der Waals surface area contributed by atoms with Gasteiger partial charge in [0.05, 0.1) is 4.88 Å². The normalized spacial score (nSPS) is 10.7. The van der Waals surface area contributed by atoms with Crippen molar-refractivity contribution < 1.29 is 14.3 Å². The lowest BCUT2D eigenvalue weighted by atomic mass is 10.1. The molecule has 3 aromatic rings. The Kier molecular flexibility index (Phi) is 5.89. The first-order valence-corrected chi connectivity index (χ1v) is 9.76. The Morgan fingerprint density at radius 1 is 1.11 bits per heavy atom. The van der Waals surface area contributed by atoms with Crippen LogP contribution in [-0.2, 0) is 4.79 Å². The van der Waals surface area contributed by atoms with Gasteiger partial charge in [0.2, 0.25) is 0 Å². The third-order valence-corrected chi connectivity index (χ3v) is 5.33. The maximum atomic E-state index is 12.7. The lowest BCUT2D eigenvalue weighted by molar-refractivity contribution is -0.122. The topological polar surface area (TPSA) is 93.2 Å². The number of hydrogen-bond acceptors (Lipinski definition) is 6. The Balaban J connectivity index is 1.71. The van der Waals surface area contributed by atoms with E-state index in [-0.39, 0.29) is 18.4 Å². The number of benzene rings is 1. The van der Waals surface area contributed by atoms with Crippen LogP contribution in [0.4, 0.5) is 5.69 Å². The van der Waals surface area contributed by atoms with Gasteiger partial charge in [0.1, 0.15) is 16.4 Å².